The minimum atomic E-state index is 0.923. The molecule has 14 heavy (non-hydrogen) atoms. The fraction of sp³-hybridized carbons (Fsp3) is 1.00. The highest BCUT2D eigenvalue weighted by Gasteiger charge is 2.20. The molecule has 2 aliphatic heterocycles. The van der Waals surface area contributed by atoms with Crippen molar-refractivity contribution in [3.63, 3.8) is 0 Å². The number of piperidine rings is 1. The largest absolute Gasteiger partial charge is 0.314 e. The van der Waals surface area contributed by atoms with Crippen LogP contribution in [0, 0.1) is 5.92 Å². The zero-order chi connectivity index (χ0) is 9.80. The molecule has 2 fully saturated rings. The summed E-state index contributed by atoms with van der Waals surface area (Å²) >= 11 is 0. The molecule has 0 radical (unpaired) electrons. The zero-order valence-electron chi connectivity index (χ0n) is 9.34. The van der Waals surface area contributed by atoms with Crippen molar-refractivity contribution in [2.45, 2.75) is 12.8 Å². The van der Waals surface area contributed by atoms with Gasteiger partial charge in [0.1, 0.15) is 0 Å². The molecule has 0 amide bonds. The van der Waals surface area contributed by atoms with Crippen LogP contribution in [0.3, 0.4) is 0 Å². The van der Waals surface area contributed by atoms with E-state index in [1.807, 2.05) is 0 Å². The van der Waals surface area contributed by atoms with Crippen LogP contribution in [0.5, 0.6) is 0 Å². The summed E-state index contributed by atoms with van der Waals surface area (Å²) in [5.74, 6) is 0.923. The third-order valence-corrected chi connectivity index (χ3v) is 3.45. The SMILES string of the molecule is CN1CCCC(CN2CCNCC2)C1. The second-order valence-corrected chi connectivity index (χ2v) is 4.82. The highest BCUT2D eigenvalue weighted by molar-refractivity contribution is 4.76. The summed E-state index contributed by atoms with van der Waals surface area (Å²) in [5.41, 5.74) is 0. The van der Waals surface area contributed by atoms with Crippen LogP contribution in [0.1, 0.15) is 12.8 Å². The van der Waals surface area contributed by atoms with Gasteiger partial charge in [0.2, 0.25) is 0 Å². The minimum Gasteiger partial charge on any atom is -0.314 e. The fourth-order valence-electron chi connectivity index (χ4n) is 2.68. The topological polar surface area (TPSA) is 18.5 Å². The summed E-state index contributed by atoms with van der Waals surface area (Å²) in [5, 5.41) is 3.41. The van der Waals surface area contributed by atoms with Crippen LogP contribution in [0.2, 0.25) is 0 Å². The molecule has 82 valence electrons. The van der Waals surface area contributed by atoms with Crippen molar-refractivity contribution < 1.29 is 0 Å². The number of hydrogen-bond donors (Lipinski definition) is 1. The van der Waals surface area contributed by atoms with Crippen LogP contribution in [0.4, 0.5) is 0 Å². The van der Waals surface area contributed by atoms with Gasteiger partial charge >= 0.3 is 0 Å². The average molecular weight is 197 g/mol. The molecule has 0 aliphatic carbocycles. The number of nitrogens with zero attached hydrogens (tertiary/aromatic N) is 2. The van der Waals surface area contributed by atoms with E-state index in [0.29, 0.717) is 0 Å². The first-order chi connectivity index (χ1) is 6.84. The second-order valence-electron chi connectivity index (χ2n) is 4.82. The Bertz CT molecular complexity index is 166. The van der Waals surface area contributed by atoms with Gasteiger partial charge in [-0.25, -0.2) is 0 Å². The Kier molecular flexibility index (Phi) is 3.79. The van der Waals surface area contributed by atoms with Crippen LogP contribution in [-0.4, -0.2) is 62.7 Å². The normalized spacial score (nSPS) is 31.9. The summed E-state index contributed by atoms with van der Waals surface area (Å²) in [6, 6.07) is 0. The Morgan fingerprint density at radius 3 is 2.71 bits per heavy atom. The van der Waals surface area contributed by atoms with Crippen molar-refractivity contribution in [2.24, 2.45) is 5.92 Å². The molecular formula is C11H23N3. The van der Waals surface area contributed by atoms with Gasteiger partial charge in [-0.3, -0.25) is 0 Å². The summed E-state index contributed by atoms with van der Waals surface area (Å²) in [4.78, 5) is 5.11. The molecule has 0 aromatic carbocycles. The highest BCUT2D eigenvalue weighted by Crippen LogP contribution is 2.16. The van der Waals surface area contributed by atoms with Crippen molar-refractivity contribution in [2.75, 3.05) is 52.9 Å². The first kappa shape index (κ1) is 10.4. The van der Waals surface area contributed by atoms with Crippen molar-refractivity contribution in [3.05, 3.63) is 0 Å². The lowest BCUT2D eigenvalue weighted by Crippen LogP contribution is -2.47. The monoisotopic (exact) mass is 197 g/mol. The Morgan fingerprint density at radius 2 is 2.00 bits per heavy atom. The van der Waals surface area contributed by atoms with Crippen molar-refractivity contribution >= 4 is 0 Å². The van der Waals surface area contributed by atoms with E-state index in [4.69, 9.17) is 0 Å². The maximum absolute atomic E-state index is 3.41. The van der Waals surface area contributed by atoms with Gasteiger partial charge in [0.25, 0.3) is 0 Å². The van der Waals surface area contributed by atoms with E-state index in [1.165, 1.54) is 58.7 Å². The van der Waals surface area contributed by atoms with Gasteiger partial charge in [0, 0.05) is 39.3 Å². The molecule has 3 nitrogen and oxygen atoms in total. The molecule has 2 aliphatic rings. The van der Waals surface area contributed by atoms with Crippen molar-refractivity contribution in [1.29, 1.82) is 0 Å². The van der Waals surface area contributed by atoms with Gasteiger partial charge in [-0.1, -0.05) is 0 Å². The van der Waals surface area contributed by atoms with Crippen LogP contribution in [0.25, 0.3) is 0 Å². The van der Waals surface area contributed by atoms with E-state index < -0.39 is 0 Å². The van der Waals surface area contributed by atoms with Crippen molar-refractivity contribution in [3.8, 4) is 0 Å². The molecule has 1 unspecified atom stereocenters. The summed E-state index contributed by atoms with van der Waals surface area (Å²) < 4.78 is 0. The van der Waals surface area contributed by atoms with Gasteiger partial charge in [-0.05, 0) is 32.4 Å². The van der Waals surface area contributed by atoms with Gasteiger partial charge < -0.3 is 15.1 Å². The summed E-state index contributed by atoms with van der Waals surface area (Å²) in [7, 11) is 2.25. The molecule has 0 saturated carbocycles. The molecule has 0 aromatic rings. The lowest BCUT2D eigenvalue weighted by atomic mass is 9.98. The van der Waals surface area contributed by atoms with Gasteiger partial charge in [-0.15, -0.1) is 0 Å². The third-order valence-electron chi connectivity index (χ3n) is 3.45. The number of piperazine rings is 1. The van der Waals surface area contributed by atoms with E-state index in [1.54, 1.807) is 0 Å². The maximum atomic E-state index is 3.41. The summed E-state index contributed by atoms with van der Waals surface area (Å²) in [6.07, 6.45) is 2.83. The lowest BCUT2D eigenvalue weighted by Gasteiger charge is -2.35. The van der Waals surface area contributed by atoms with Crippen LogP contribution in [0.15, 0.2) is 0 Å². The number of nitrogens with one attached hydrogen (secondary N) is 1. The molecule has 3 heteroatoms. The Balaban J connectivity index is 1.72. The molecule has 1 atom stereocenters. The zero-order valence-corrected chi connectivity index (χ0v) is 9.34. The van der Waals surface area contributed by atoms with E-state index in [2.05, 4.69) is 22.2 Å². The number of likely N-dealkylation sites (tertiary alicyclic amines) is 1. The van der Waals surface area contributed by atoms with Crippen LogP contribution < -0.4 is 5.32 Å². The Labute approximate surface area is 87.4 Å². The molecular weight excluding hydrogens is 174 g/mol. The first-order valence-corrected chi connectivity index (χ1v) is 5.96. The quantitative estimate of drug-likeness (QED) is 0.684. The summed E-state index contributed by atoms with van der Waals surface area (Å²) in [6.45, 7) is 8.81. The standard InChI is InChI=1S/C11H23N3/c1-13-6-2-3-11(9-13)10-14-7-4-12-5-8-14/h11-12H,2-10H2,1H3. The Morgan fingerprint density at radius 1 is 1.21 bits per heavy atom. The number of hydrogen-bond acceptors (Lipinski definition) is 3. The van der Waals surface area contributed by atoms with Crippen molar-refractivity contribution in [1.82, 2.24) is 15.1 Å². The predicted molar refractivity (Wildman–Crippen MR) is 59.5 cm³/mol. The van der Waals surface area contributed by atoms with Gasteiger partial charge in [0.15, 0.2) is 0 Å². The molecule has 0 bridgehead atoms. The van der Waals surface area contributed by atoms with E-state index in [0.717, 1.165) is 5.92 Å². The Hall–Kier alpha value is -0.120. The third kappa shape index (κ3) is 2.94. The average Bonchev–Trinajstić information content (AvgIpc) is 2.19. The van der Waals surface area contributed by atoms with E-state index in [9.17, 15) is 0 Å². The molecule has 0 spiro atoms. The van der Waals surface area contributed by atoms with Crippen LogP contribution >= 0.6 is 0 Å². The molecule has 0 aromatic heterocycles. The molecule has 2 saturated heterocycles. The fourth-order valence-corrected chi connectivity index (χ4v) is 2.68. The maximum Gasteiger partial charge on any atom is 0.0107 e. The van der Waals surface area contributed by atoms with Gasteiger partial charge in [0.05, 0.1) is 0 Å². The van der Waals surface area contributed by atoms with Crippen LogP contribution in [-0.2, 0) is 0 Å². The first-order valence-electron chi connectivity index (χ1n) is 5.96. The molecule has 2 rings (SSSR count). The number of rotatable bonds is 2. The lowest BCUT2D eigenvalue weighted by molar-refractivity contribution is 0.142. The predicted octanol–water partition coefficient (Wildman–Crippen LogP) is 0.233. The van der Waals surface area contributed by atoms with E-state index >= 15 is 0 Å². The second kappa shape index (κ2) is 5.10. The molecule has 1 N–H and O–H groups in total. The minimum absolute atomic E-state index is 0.923. The highest BCUT2D eigenvalue weighted by atomic mass is 15.2. The molecule has 2 heterocycles. The van der Waals surface area contributed by atoms with E-state index in [-0.39, 0.29) is 0 Å². The van der Waals surface area contributed by atoms with Gasteiger partial charge in [-0.2, -0.15) is 0 Å². The smallest absolute Gasteiger partial charge is 0.0107 e.